The number of nitrogens with zero attached hydrogens (tertiary/aromatic N) is 2. The monoisotopic (exact) mass is 808 g/mol. The first-order chi connectivity index (χ1) is 28.4. The molecule has 1 aliphatic heterocycles. The van der Waals surface area contributed by atoms with Crippen molar-refractivity contribution in [3.8, 4) is 0 Å². The zero-order valence-electron chi connectivity index (χ0n) is 32.8. The number of amides is 6. The Hall–Kier alpha value is -6.53. The fraction of sp³-hybridized carbons (Fsp3) is 0.390. The van der Waals surface area contributed by atoms with E-state index in [1.165, 1.54) is 18.2 Å². The van der Waals surface area contributed by atoms with Gasteiger partial charge in [0.15, 0.2) is 0 Å². The second kappa shape index (κ2) is 19.3. The van der Waals surface area contributed by atoms with Crippen LogP contribution in [0.2, 0.25) is 0 Å². The van der Waals surface area contributed by atoms with E-state index in [2.05, 4.69) is 41.2 Å². The van der Waals surface area contributed by atoms with E-state index in [0.29, 0.717) is 31.5 Å². The van der Waals surface area contributed by atoms with Crippen LogP contribution in [0.4, 0.5) is 0 Å². The molecule has 1 fully saturated rings. The zero-order valence-corrected chi connectivity index (χ0v) is 32.8. The van der Waals surface area contributed by atoms with Gasteiger partial charge in [-0.15, -0.1) is 0 Å². The lowest BCUT2D eigenvalue weighted by atomic mass is 10.0. The SMILES string of the molecule is CC(NC(=O)C(Cc1c[nH]c2ccccc12)NC(=O)C(N)Cc1cnc[nH]1)C(=O)NC(Cc1c[nH]c2ccccc12)C(=O)NC1CC(=O)N(C(CCCCN)C(N)=O)C1. The van der Waals surface area contributed by atoms with Crippen LogP contribution in [0, 0.1) is 0 Å². The first kappa shape index (κ1) is 42.1. The van der Waals surface area contributed by atoms with Gasteiger partial charge in [0.25, 0.3) is 0 Å². The molecule has 59 heavy (non-hydrogen) atoms. The first-order valence-electron chi connectivity index (χ1n) is 19.7. The number of nitrogens with one attached hydrogen (secondary N) is 7. The Kier molecular flexibility index (Phi) is 13.8. The van der Waals surface area contributed by atoms with Crippen LogP contribution in [0.1, 0.15) is 49.4 Å². The zero-order chi connectivity index (χ0) is 42.1. The molecule has 4 heterocycles. The van der Waals surface area contributed by atoms with Gasteiger partial charge in [-0.25, -0.2) is 4.98 Å². The average molecular weight is 809 g/mol. The van der Waals surface area contributed by atoms with Crippen LogP contribution in [0.3, 0.4) is 0 Å². The lowest BCUT2D eigenvalue weighted by Crippen LogP contribution is -2.58. The molecule has 6 amide bonds. The standard InChI is InChI=1S/C41H52N12O6/c1-23(49-40(58)33(14-24-18-46-31-10-4-2-8-28(24)31)52-39(57)30(43)16-26-20-45-22-48-26)38(56)51-34(15-25-19-47-32-11-5-3-9-29(25)32)41(59)50-27-17-36(54)53(21-27)35(37(44)55)12-6-7-13-42/h2-5,8-11,18-20,22-23,27,30,33-35,46-47H,6-7,12-17,21,42-43H2,1H3,(H2,44,55)(H,45,48)(H,49,58)(H,50,59)(H,51,56)(H,52,57). The summed E-state index contributed by atoms with van der Waals surface area (Å²) >= 11 is 0. The van der Waals surface area contributed by atoms with Crippen molar-refractivity contribution in [2.24, 2.45) is 17.2 Å². The maximum absolute atomic E-state index is 14.0. The highest BCUT2D eigenvalue weighted by molar-refractivity contribution is 5.96. The molecule has 0 spiro atoms. The number of imidazole rings is 1. The highest BCUT2D eigenvalue weighted by Crippen LogP contribution is 2.22. The Morgan fingerprint density at radius 2 is 1.42 bits per heavy atom. The van der Waals surface area contributed by atoms with Crippen LogP contribution in [0.15, 0.2) is 73.4 Å². The number of aromatic amines is 3. The van der Waals surface area contributed by atoms with Crippen molar-refractivity contribution in [2.45, 2.75) is 88.1 Å². The Labute approximate surface area is 340 Å². The molecule has 1 aliphatic rings. The molecular formula is C41H52N12O6. The summed E-state index contributed by atoms with van der Waals surface area (Å²) < 4.78 is 0. The number of aromatic nitrogens is 4. The Morgan fingerprint density at radius 3 is 2.02 bits per heavy atom. The number of fused-ring (bicyclic) bond motifs is 2. The maximum Gasteiger partial charge on any atom is 0.243 e. The first-order valence-corrected chi connectivity index (χ1v) is 19.7. The van der Waals surface area contributed by atoms with Crippen molar-refractivity contribution in [2.75, 3.05) is 13.1 Å². The van der Waals surface area contributed by atoms with Gasteiger partial charge in [-0.3, -0.25) is 28.8 Å². The molecule has 18 nitrogen and oxygen atoms in total. The van der Waals surface area contributed by atoms with E-state index >= 15 is 0 Å². The van der Waals surface area contributed by atoms with E-state index in [1.807, 2.05) is 48.5 Å². The Balaban J connectivity index is 1.16. The van der Waals surface area contributed by atoms with Crippen LogP contribution in [-0.2, 0) is 48.0 Å². The number of hydrogen-bond acceptors (Lipinski definition) is 9. The third-order valence-corrected chi connectivity index (χ3v) is 10.7. The Morgan fingerprint density at radius 1 is 0.814 bits per heavy atom. The summed E-state index contributed by atoms with van der Waals surface area (Å²) in [5, 5.41) is 12.9. The molecule has 18 heteroatoms. The van der Waals surface area contributed by atoms with Gasteiger partial charge in [-0.05, 0) is 56.0 Å². The third-order valence-electron chi connectivity index (χ3n) is 10.7. The maximum atomic E-state index is 14.0. The highest BCUT2D eigenvalue weighted by Gasteiger charge is 2.38. The number of unbranched alkanes of at least 4 members (excludes halogenated alkanes) is 1. The van der Waals surface area contributed by atoms with Crippen molar-refractivity contribution in [1.82, 2.24) is 46.1 Å². The Bertz CT molecular complexity index is 2270. The van der Waals surface area contributed by atoms with Crippen molar-refractivity contribution in [1.29, 1.82) is 0 Å². The molecule has 5 aromatic rings. The number of carbonyl (C=O) groups excluding carboxylic acids is 6. The predicted octanol–water partition coefficient (Wildman–Crippen LogP) is -0.0982. The molecule has 6 unspecified atom stereocenters. The van der Waals surface area contributed by atoms with Crippen LogP contribution in [-0.4, -0.2) is 110 Å². The topological polar surface area (TPSA) is 292 Å². The van der Waals surface area contributed by atoms with Crippen molar-refractivity contribution in [3.05, 3.63) is 90.3 Å². The summed E-state index contributed by atoms with van der Waals surface area (Å²) in [4.78, 5) is 95.2. The number of primary amides is 1. The number of nitrogens with two attached hydrogens (primary N) is 3. The average Bonchev–Trinajstić information content (AvgIpc) is 4.04. The van der Waals surface area contributed by atoms with Gasteiger partial charge in [0, 0.05) is 78.3 Å². The van der Waals surface area contributed by atoms with E-state index in [0.717, 1.165) is 32.9 Å². The molecule has 0 bridgehead atoms. The summed E-state index contributed by atoms with van der Waals surface area (Å²) in [6, 6.07) is 9.15. The minimum absolute atomic E-state index is 0.0539. The lowest BCUT2D eigenvalue weighted by Gasteiger charge is -2.26. The van der Waals surface area contributed by atoms with Gasteiger partial charge in [-0.1, -0.05) is 36.4 Å². The number of carbonyl (C=O) groups is 6. The minimum atomic E-state index is -1.16. The molecule has 312 valence electrons. The molecule has 6 atom stereocenters. The summed E-state index contributed by atoms with van der Waals surface area (Å²) in [6.45, 7) is 1.98. The fourth-order valence-electron chi connectivity index (χ4n) is 7.51. The van der Waals surface area contributed by atoms with E-state index < -0.39 is 65.8 Å². The second-order valence-electron chi connectivity index (χ2n) is 15.0. The molecule has 0 saturated carbocycles. The number of likely N-dealkylation sites (tertiary alicyclic amines) is 1. The van der Waals surface area contributed by atoms with Crippen LogP contribution in [0.5, 0.6) is 0 Å². The molecule has 1 saturated heterocycles. The second-order valence-corrected chi connectivity index (χ2v) is 15.0. The van der Waals surface area contributed by atoms with Crippen LogP contribution < -0.4 is 38.5 Å². The van der Waals surface area contributed by atoms with Gasteiger partial charge in [0.1, 0.15) is 24.2 Å². The van der Waals surface area contributed by atoms with Gasteiger partial charge in [-0.2, -0.15) is 0 Å². The summed E-state index contributed by atoms with van der Waals surface area (Å²) in [5.41, 5.74) is 21.3. The summed E-state index contributed by atoms with van der Waals surface area (Å²) in [5.74, 6) is -3.40. The molecule has 13 N–H and O–H groups in total. The van der Waals surface area contributed by atoms with Crippen LogP contribution >= 0.6 is 0 Å². The molecule has 2 aromatic carbocycles. The van der Waals surface area contributed by atoms with Gasteiger partial charge >= 0.3 is 0 Å². The molecule has 0 radical (unpaired) electrons. The van der Waals surface area contributed by atoms with Crippen molar-refractivity contribution < 1.29 is 28.8 Å². The number of H-pyrrole nitrogens is 3. The number of hydrogen-bond donors (Lipinski definition) is 10. The lowest BCUT2D eigenvalue weighted by molar-refractivity contribution is -0.136. The number of para-hydroxylation sites is 2. The van der Waals surface area contributed by atoms with Crippen molar-refractivity contribution in [3.63, 3.8) is 0 Å². The van der Waals surface area contributed by atoms with Crippen molar-refractivity contribution >= 4 is 57.2 Å². The minimum Gasteiger partial charge on any atom is -0.368 e. The largest absolute Gasteiger partial charge is 0.368 e. The van der Waals surface area contributed by atoms with Gasteiger partial charge < -0.3 is 58.3 Å². The van der Waals surface area contributed by atoms with E-state index in [4.69, 9.17) is 17.2 Å². The number of rotatable bonds is 20. The van der Waals surface area contributed by atoms with Gasteiger partial charge in [0.2, 0.25) is 35.4 Å². The smallest absolute Gasteiger partial charge is 0.243 e. The van der Waals surface area contributed by atoms with E-state index in [-0.39, 0.29) is 38.1 Å². The molecule has 6 rings (SSSR count). The molecule has 0 aliphatic carbocycles. The van der Waals surface area contributed by atoms with Gasteiger partial charge in [0.05, 0.1) is 18.4 Å². The molecular weight excluding hydrogens is 757 g/mol. The van der Waals surface area contributed by atoms with E-state index in [1.54, 1.807) is 18.6 Å². The predicted molar refractivity (Wildman–Crippen MR) is 220 cm³/mol. The number of benzene rings is 2. The van der Waals surface area contributed by atoms with E-state index in [9.17, 15) is 28.8 Å². The highest BCUT2D eigenvalue weighted by atomic mass is 16.2. The molecule has 3 aromatic heterocycles. The quantitative estimate of drug-likeness (QED) is 0.0469. The summed E-state index contributed by atoms with van der Waals surface area (Å²) in [6.07, 6.45) is 8.44. The summed E-state index contributed by atoms with van der Waals surface area (Å²) in [7, 11) is 0. The normalized spacial score (nSPS) is 16.6. The third kappa shape index (κ3) is 10.5. The fourth-order valence-corrected chi connectivity index (χ4v) is 7.51. The van der Waals surface area contributed by atoms with Crippen LogP contribution in [0.25, 0.3) is 21.8 Å².